The summed E-state index contributed by atoms with van der Waals surface area (Å²) in [6.45, 7) is 6.60. The first-order chi connectivity index (χ1) is 7.29. The summed E-state index contributed by atoms with van der Waals surface area (Å²) in [5.74, 6) is -0.105. The lowest BCUT2D eigenvalue weighted by Gasteiger charge is -2.19. The number of aromatic nitrogens is 2. The second-order valence-electron chi connectivity index (χ2n) is 4.14. The number of ketones is 1. The largest absolute Gasteiger partial charge is 0.444 e. The van der Waals surface area contributed by atoms with Crippen LogP contribution in [-0.4, -0.2) is 26.2 Å². The van der Waals surface area contributed by atoms with E-state index in [0.717, 1.165) is 11.7 Å². The van der Waals surface area contributed by atoms with Crippen molar-refractivity contribution in [2.45, 2.75) is 33.3 Å². The number of nitrogens with zero attached hydrogens (tertiary/aromatic N) is 2. The highest BCUT2D eigenvalue weighted by atomic mass is 32.1. The van der Waals surface area contributed by atoms with Crippen molar-refractivity contribution in [2.24, 2.45) is 0 Å². The molecule has 0 aliphatic heterocycles. The molecule has 0 aliphatic carbocycles. The Balaban J connectivity index is 2.70. The molecule has 1 heterocycles. The normalized spacial score (nSPS) is 11.0. The van der Waals surface area contributed by atoms with Crippen molar-refractivity contribution >= 4 is 29.4 Å². The SMILES string of the molecule is CC(=O)c1nsnc1NC(=O)OC(C)(C)C. The van der Waals surface area contributed by atoms with Crippen LogP contribution in [0, 0.1) is 0 Å². The Morgan fingerprint density at radius 2 is 1.94 bits per heavy atom. The molecular formula is C9H13N3O3S. The van der Waals surface area contributed by atoms with Crippen LogP contribution in [0.3, 0.4) is 0 Å². The molecule has 0 aromatic carbocycles. The molecular weight excluding hydrogens is 230 g/mol. The Morgan fingerprint density at radius 3 is 2.44 bits per heavy atom. The molecule has 0 saturated heterocycles. The van der Waals surface area contributed by atoms with Crippen molar-refractivity contribution in [2.75, 3.05) is 5.32 Å². The lowest BCUT2D eigenvalue weighted by molar-refractivity contribution is 0.0635. The van der Waals surface area contributed by atoms with Crippen molar-refractivity contribution in [3.8, 4) is 0 Å². The topological polar surface area (TPSA) is 81.2 Å². The first-order valence-electron chi connectivity index (χ1n) is 4.63. The molecule has 0 radical (unpaired) electrons. The van der Waals surface area contributed by atoms with E-state index in [2.05, 4.69) is 14.1 Å². The van der Waals surface area contributed by atoms with Crippen LogP contribution in [0.5, 0.6) is 0 Å². The predicted octanol–water partition coefficient (Wildman–Crippen LogP) is 2.09. The van der Waals surface area contributed by atoms with Crippen molar-refractivity contribution < 1.29 is 14.3 Å². The quantitative estimate of drug-likeness (QED) is 0.804. The van der Waals surface area contributed by atoms with E-state index in [9.17, 15) is 9.59 Å². The van der Waals surface area contributed by atoms with Crippen molar-refractivity contribution in [3.63, 3.8) is 0 Å². The van der Waals surface area contributed by atoms with E-state index >= 15 is 0 Å². The zero-order valence-corrected chi connectivity index (χ0v) is 10.3. The van der Waals surface area contributed by atoms with Gasteiger partial charge in [-0.15, -0.1) is 0 Å². The van der Waals surface area contributed by atoms with Gasteiger partial charge >= 0.3 is 6.09 Å². The second-order valence-corrected chi connectivity index (χ2v) is 4.67. The molecule has 6 nitrogen and oxygen atoms in total. The summed E-state index contributed by atoms with van der Waals surface area (Å²) in [6, 6.07) is 0. The minimum Gasteiger partial charge on any atom is -0.444 e. The number of hydrogen-bond acceptors (Lipinski definition) is 6. The second kappa shape index (κ2) is 4.56. The fraction of sp³-hybridized carbons (Fsp3) is 0.556. The van der Waals surface area contributed by atoms with Crippen LogP contribution in [0.1, 0.15) is 38.2 Å². The Bertz CT molecular complexity index is 408. The van der Waals surface area contributed by atoms with E-state index in [1.165, 1.54) is 6.92 Å². The lowest BCUT2D eigenvalue weighted by Crippen LogP contribution is -2.27. The highest BCUT2D eigenvalue weighted by Gasteiger charge is 2.20. The predicted molar refractivity (Wildman–Crippen MR) is 59.8 cm³/mol. The highest BCUT2D eigenvalue weighted by Crippen LogP contribution is 2.15. The fourth-order valence-electron chi connectivity index (χ4n) is 0.902. The van der Waals surface area contributed by atoms with Crippen molar-refractivity contribution in [3.05, 3.63) is 5.69 Å². The Morgan fingerprint density at radius 1 is 1.31 bits per heavy atom. The van der Waals surface area contributed by atoms with Gasteiger partial charge in [-0.3, -0.25) is 10.1 Å². The van der Waals surface area contributed by atoms with Crippen LogP contribution in [0.15, 0.2) is 0 Å². The Kier molecular flexibility index (Phi) is 3.58. The van der Waals surface area contributed by atoms with E-state index in [-0.39, 0.29) is 17.3 Å². The van der Waals surface area contributed by atoms with Gasteiger partial charge in [0, 0.05) is 6.92 Å². The molecule has 1 amide bonds. The van der Waals surface area contributed by atoms with Gasteiger partial charge in [-0.2, -0.15) is 8.75 Å². The number of hydrogen-bond donors (Lipinski definition) is 1. The third-order valence-electron chi connectivity index (χ3n) is 1.44. The smallest absolute Gasteiger partial charge is 0.413 e. The maximum atomic E-state index is 11.4. The van der Waals surface area contributed by atoms with Crippen LogP contribution in [-0.2, 0) is 4.74 Å². The van der Waals surface area contributed by atoms with Gasteiger partial charge in [0.2, 0.25) is 0 Å². The van der Waals surface area contributed by atoms with Gasteiger partial charge in [-0.05, 0) is 20.8 Å². The summed E-state index contributed by atoms with van der Waals surface area (Å²) < 4.78 is 12.6. The molecule has 1 aromatic rings. The minimum absolute atomic E-state index is 0.145. The number of rotatable bonds is 2. The number of carbonyl (C=O) groups excluding carboxylic acids is 2. The van der Waals surface area contributed by atoms with E-state index in [1.807, 2.05) is 0 Å². The maximum absolute atomic E-state index is 11.4. The Labute approximate surface area is 97.3 Å². The molecule has 0 fully saturated rings. The first-order valence-corrected chi connectivity index (χ1v) is 5.36. The van der Waals surface area contributed by atoms with E-state index in [0.29, 0.717) is 0 Å². The summed E-state index contributed by atoms with van der Waals surface area (Å²) in [5.41, 5.74) is -0.444. The lowest BCUT2D eigenvalue weighted by atomic mass is 10.2. The highest BCUT2D eigenvalue weighted by molar-refractivity contribution is 6.99. The molecule has 16 heavy (non-hydrogen) atoms. The average Bonchev–Trinajstić information content (AvgIpc) is 2.47. The van der Waals surface area contributed by atoms with E-state index in [1.54, 1.807) is 20.8 Å². The molecule has 1 aromatic heterocycles. The van der Waals surface area contributed by atoms with E-state index < -0.39 is 11.7 Å². The van der Waals surface area contributed by atoms with Gasteiger partial charge in [0.25, 0.3) is 0 Å². The van der Waals surface area contributed by atoms with Gasteiger partial charge in [-0.1, -0.05) is 0 Å². The Hall–Kier alpha value is -1.50. The zero-order valence-electron chi connectivity index (χ0n) is 9.53. The molecule has 88 valence electrons. The van der Waals surface area contributed by atoms with Crippen LogP contribution < -0.4 is 5.32 Å². The molecule has 0 spiro atoms. The third-order valence-corrected chi connectivity index (χ3v) is 1.97. The van der Waals surface area contributed by atoms with Gasteiger partial charge in [0.1, 0.15) is 5.60 Å². The molecule has 7 heteroatoms. The van der Waals surface area contributed by atoms with Crippen LogP contribution in [0.2, 0.25) is 0 Å². The van der Waals surface area contributed by atoms with Crippen LogP contribution >= 0.6 is 11.7 Å². The summed E-state index contributed by atoms with van der Waals surface area (Å²) in [6.07, 6.45) is -0.650. The zero-order chi connectivity index (χ0) is 12.3. The molecule has 1 N–H and O–H groups in total. The average molecular weight is 243 g/mol. The molecule has 0 saturated carbocycles. The fourth-order valence-corrected chi connectivity index (χ4v) is 1.45. The van der Waals surface area contributed by atoms with Gasteiger partial charge < -0.3 is 4.74 Å². The van der Waals surface area contributed by atoms with Gasteiger partial charge in [0.15, 0.2) is 17.3 Å². The third kappa shape index (κ3) is 3.58. The van der Waals surface area contributed by atoms with Gasteiger partial charge in [0.05, 0.1) is 11.7 Å². The summed E-state index contributed by atoms with van der Waals surface area (Å²) >= 11 is 0.863. The standard InChI is InChI=1S/C9H13N3O3S/c1-5(13)6-7(12-16-11-6)10-8(14)15-9(2,3)4/h1-4H3,(H,10,12,14). The van der Waals surface area contributed by atoms with Crippen LogP contribution in [0.25, 0.3) is 0 Å². The summed E-state index contributed by atoms with van der Waals surface area (Å²) in [4.78, 5) is 22.5. The van der Waals surface area contributed by atoms with E-state index in [4.69, 9.17) is 4.74 Å². The van der Waals surface area contributed by atoms with Crippen LogP contribution in [0.4, 0.5) is 10.6 Å². The van der Waals surface area contributed by atoms with Crippen molar-refractivity contribution in [1.82, 2.24) is 8.75 Å². The number of amides is 1. The van der Waals surface area contributed by atoms with Crippen molar-refractivity contribution in [1.29, 1.82) is 0 Å². The number of nitrogens with one attached hydrogen (secondary N) is 1. The maximum Gasteiger partial charge on any atom is 0.413 e. The summed E-state index contributed by atoms with van der Waals surface area (Å²) in [5, 5.41) is 2.38. The number of anilines is 1. The number of Topliss-reactive ketones (excluding diaryl/α,β-unsaturated/α-hetero) is 1. The molecule has 0 aliphatic rings. The molecule has 0 unspecified atom stereocenters. The molecule has 0 atom stereocenters. The monoisotopic (exact) mass is 243 g/mol. The molecule has 0 bridgehead atoms. The number of carbonyl (C=O) groups is 2. The first kappa shape index (κ1) is 12.6. The summed E-state index contributed by atoms with van der Waals surface area (Å²) in [7, 11) is 0. The molecule has 1 rings (SSSR count). The van der Waals surface area contributed by atoms with Gasteiger partial charge in [-0.25, -0.2) is 4.79 Å². The minimum atomic E-state index is -0.650. The number of ether oxygens (including phenoxy) is 1.